The first-order chi connectivity index (χ1) is 17.1. The summed E-state index contributed by atoms with van der Waals surface area (Å²) in [7, 11) is 1.35. The Morgan fingerprint density at radius 3 is 2.83 bits per heavy atom. The fourth-order valence-electron chi connectivity index (χ4n) is 2.72. The number of ether oxygens (including phenoxy) is 2. The van der Waals surface area contributed by atoms with Gasteiger partial charge in [-0.1, -0.05) is 15.9 Å². The molecule has 2 aromatic carbocycles. The van der Waals surface area contributed by atoms with Crippen LogP contribution in [0, 0.1) is 11.7 Å². The van der Waals surface area contributed by atoms with Gasteiger partial charge in [-0.3, -0.25) is 0 Å². The Bertz CT molecular complexity index is 1320. The van der Waals surface area contributed by atoms with Gasteiger partial charge in [0.25, 0.3) is 0 Å². The maximum atomic E-state index is 14.4. The summed E-state index contributed by atoms with van der Waals surface area (Å²) in [6, 6.07) is 7.42. The van der Waals surface area contributed by atoms with Crippen LogP contribution in [0.5, 0.6) is 11.5 Å². The monoisotopic (exact) mass is 468 g/mol. The lowest BCUT2D eigenvalue weighted by Gasteiger charge is -2.23. The van der Waals surface area contributed by atoms with Crippen LogP contribution in [0.15, 0.2) is 41.1 Å². The third kappa shape index (κ3) is 4.59. The number of aromatic nitrogens is 2. The Morgan fingerprint density at radius 1 is 1.24 bits per heavy atom. The second-order valence-electron chi connectivity index (χ2n) is 6.02. The number of hydrogen-bond acceptors (Lipinski definition) is 6. The van der Waals surface area contributed by atoms with Gasteiger partial charge in [-0.15, -0.1) is 0 Å². The Kier molecular flexibility index (Phi) is 3.78. The van der Waals surface area contributed by atoms with E-state index in [1.165, 1.54) is 37.7 Å². The molecule has 2 N–H and O–H groups in total. The number of nitrogens with one attached hydrogen (secondary N) is 2. The van der Waals surface area contributed by atoms with Crippen LogP contribution in [0.3, 0.4) is 0 Å². The van der Waals surface area contributed by atoms with Gasteiger partial charge in [0.2, 0.25) is 0 Å². The van der Waals surface area contributed by atoms with Crippen molar-refractivity contribution >= 4 is 38.3 Å². The van der Waals surface area contributed by atoms with E-state index in [1.807, 2.05) is 0 Å². The van der Waals surface area contributed by atoms with Crippen molar-refractivity contribution in [2.75, 3.05) is 32.0 Å². The zero-order chi connectivity index (χ0) is 27.4. The first-order valence-electron chi connectivity index (χ1n) is 12.6. The van der Waals surface area contributed by atoms with E-state index in [1.54, 1.807) is 11.4 Å². The molecule has 2 heterocycles. The van der Waals surface area contributed by atoms with Gasteiger partial charge in [-0.2, -0.15) is 0 Å². The van der Waals surface area contributed by atoms with Crippen molar-refractivity contribution in [1.82, 2.24) is 15.3 Å². The lowest BCUT2D eigenvalue weighted by molar-refractivity contribution is 0.208. The van der Waals surface area contributed by atoms with Crippen LogP contribution in [0.25, 0.3) is 10.9 Å². The normalized spacial score (nSPS) is 25.8. The maximum Gasteiger partial charge on any atom is 0.163 e. The minimum Gasteiger partial charge on any atom is -0.493 e. The Balaban J connectivity index is 1.68. The molecule has 1 aliphatic heterocycles. The predicted molar refractivity (Wildman–Crippen MR) is 115 cm³/mol. The lowest BCUT2D eigenvalue weighted by Crippen LogP contribution is -2.30. The summed E-state index contributed by atoms with van der Waals surface area (Å²) in [5, 5.41) is 5.15. The molecule has 3 aromatic rings. The largest absolute Gasteiger partial charge is 0.493 e. The van der Waals surface area contributed by atoms with Gasteiger partial charge in [0.05, 0.1) is 24.9 Å². The van der Waals surface area contributed by atoms with Gasteiger partial charge in [-0.25, -0.2) is 14.4 Å². The van der Waals surface area contributed by atoms with Crippen LogP contribution in [0.2, 0.25) is 0 Å². The fourth-order valence-corrected chi connectivity index (χ4v) is 3.06. The molecule has 0 atom stereocenters. The molecule has 8 heteroatoms. The molecule has 152 valence electrons. The first-order valence-corrected chi connectivity index (χ1v) is 9.37. The van der Waals surface area contributed by atoms with Crippen molar-refractivity contribution in [3.05, 3.63) is 46.9 Å². The minimum atomic E-state index is -2.88. The Morgan fingerprint density at radius 2 is 2.07 bits per heavy atom. The third-order valence-electron chi connectivity index (χ3n) is 4.13. The van der Waals surface area contributed by atoms with Crippen molar-refractivity contribution in [3.8, 4) is 11.5 Å². The molecular formula is C21H22BrFN4O2. The predicted octanol–water partition coefficient (Wildman–Crippen LogP) is 4.66. The van der Waals surface area contributed by atoms with E-state index >= 15 is 0 Å². The van der Waals surface area contributed by atoms with Crippen LogP contribution in [-0.4, -0.2) is 36.7 Å². The molecule has 1 fully saturated rings. The highest BCUT2D eigenvalue weighted by molar-refractivity contribution is 9.10. The minimum absolute atomic E-state index is 0.0423. The topological polar surface area (TPSA) is 68.3 Å². The molecular weight excluding hydrogens is 439 g/mol. The molecule has 0 saturated carbocycles. The number of nitrogens with zero attached hydrogens (tertiary/aromatic N) is 2. The van der Waals surface area contributed by atoms with Crippen molar-refractivity contribution in [2.45, 2.75) is 12.7 Å². The highest BCUT2D eigenvalue weighted by Crippen LogP contribution is 2.35. The number of methoxy groups -OCH3 is 1. The highest BCUT2D eigenvalue weighted by atomic mass is 79.9. The summed E-state index contributed by atoms with van der Waals surface area (Å²) in [4.78, 5) is 8.36. The third-order valence-corrected chi connectivity index (χ3v) is 4.62. The van der Waals surface area contributed by atoms with E-state index < -0.39 is 44.1 Å². The molecule has 1 aromatic heterocycles. The number of benzene rings is 2. The summed E-state index contributed by atoms with van der Waals surface area (Å²) >= 11 is 3.20. The van der Waals surface area contributed by atoms with Crippen LogP contribution in [-0.2, 0) is 0 Å². The fraction of sp³-hybridized carbons (Fsp3) is 0.333. The van der Waals surface area contributed by atoms with E-state index in [4.69, 9.17) is 20.4 Å². The standard InChI is InChI=1S/C21H22BrFN4O2/c1-28-19-9-15-18(10-20(19)29-11-13-4-6-24-7-5-13)25-12-26-21(15)27-17-3-2-14(22)8-16(17)23/h2-3,8-10,12-13,24H,4-7,11H2,1H3,(H,25,26,27)/i4D2,5D2,6D2,7D2. The Hall–Kier alpha value is -2.45. The van der Waals surface area contributed by atoms with Crippen molar-refractivity contribution in [1.29, 1.82) is 0 Å². The van der Waals surface area contributed by atoms with Gasteiger partial charge in [0.15, 0.2) is 11.5 Å². The van der Waals surface area contributed by atoms with E-state index in [0.29, 0.717) is 15.4 Å². The first kappa shape index (κ1) is 12.3. The average Bonchev–Trinajstić information content (AvgIpc) is 2.78. The molecule has 0 bridgehead atoms. The number of anilines is 2. The van der Waals surface area contributed by atoms with E-state index in [0.717, 1.165) is 0 Å². The number of rotatable bonds is 6. The molecule has 0 unspecified atom stereocenters. The second kappa shape index (κ2) is 8.92. The maximum absolute atomic E-state index is 14.4. The average molecular weight is 469 g/mol. The summed E-state index contributed by atoms with van der Waals surface area (Å²) in [5.74, 6) is -1.90. The molecule has 1 aliphatic rings. The van der Waals surface area contributed by atoms with Crippen molar-refractivity contribution in [2.24, 2.45) is 5.92 Å². The summed E-state index contributed by atoms with van der Waals surface area (Å²) in [6.45, 7) is -6.46. The summed E-state index contributed by atoms with van der Waals surface area (Å²) in [5.41, 5.74) is 0.509. The van der Waals surface area contributed by atoms with Gasteiger partial charge >= 0.3 is 0 Å². The number of halogens is 2. The van der Waals surface area contributed by atoms with Crippen LogP contribution < -0.4 is 20.1 Å². The van der Waals surface area contributed by atoms with Gasteiger partial charge in [0, 0.05) is 26.9 Å². The van der Waals surface area contributed by atoms with Crippen molar-refractivity contribution in [3.63, 3.8) is 0 Å². The van der Waals surface area contributed by atoms with E-state index in [-0.39, 0.29) is 23.0 Å². The molecule has 1 saturated heterocycles. The van der Waals surface area contributed by atoms with Gasteiger partial charge < -0.3 is 20.1 Å². The highest BCUT2D eigenvalue weighted by Gasteiger charge is 2.17. The quantitative estimate of drug-likeness (QED) is 0.548. The molecule has 0 spiro atoms. The second-order valence-corrected chi connectivity index (χ2v) is 6.93. The van der Waals surface area contributed by atoms with Gasteiger partial charge in [-0.05, 0) is 55.9 Å². The van der Waals surface area contributed by atoms with Crippen LogP contribution in [0.1, 0.15) is 23.7 Å². The molecule has 4 rings (SSSR count). The molecule has 0 radical (unpaired) electrons. The number of hydrogen-bond donors (Lipinski definition) is 2. The number of piperidine rings is 1. The van der Waals surface area contributed by atoms with Gasteiger partial charge in [0.1, 0.15) is 18.0 Å². The molecule has 0 aliphatic carbocycles. The van der Waals surface area contributed by atoms with E-state index in [2.05, 4.69) is 31.2 Å². The van der Waals surface area contributed by atoms with Crippen LogP contribution >= 0.6 is 15.9 Å². The smallest absolute Gasteiger partial charge is 0.163 e. The number of fused-ring (bicyclic) bond motifs is 1. The van der Waals surface area contributed by atoms with E-state index in [9.17, 15) is 4.39 Å². The zero-order valence-corrected chi connectivity index (χ0v) is 16.8. The van der Waals surface area contributed by atoms with Crippen LogP contribution in [0.4, 0.5) is 15.9 Å². The summed E-state index contributed by atoms with van der Waals surface area (Å²) in [6.07, 6.45) is -4.43. The van der Waals surface area contributed by atoms with Crippen molar-refractivity contribution < 1.29 is 24.8 Å². The molecule has 29 heavy (non-hydrogen) atoms. The Labute approximate surface area is 188 Å². The summed E-state index contributed by atoms with van der Waals surface area (Å²) < 4.78 is 90.7. The lowest BCUT2D eigenvalue weighted by atomic mass is 9.99. The molecule has 6 nitrogen and oxygen atoms in total. The molecule has 0 amide bonds. The SMILES string of the molecule is [2H]C1([2H])NC([2H])([2H])C([2H])([2H])C(COc2cc3ncnc(Nc4ccc(Br)cc4F)c3cc2OC)C1([2H])[2H]. The zero-order valence-electron chi connectivity index (χ0n) is 23.2.